The molecule has 1 N–H and O–H groups in total. The summed E-state index contributed by atoms with van der Waals surface area (Å²) in [4.78, 5) is 2.37. The van der Waals surface area contributed by atoms with Gasteiger partial charge in [0.25, 0.3) is 0 Å². The Hall–Kier alpha value is -7.76. The van der Waals surface area contributed by atoms with Crippen molar-refractivity contribution in [2.75, 3.05) is 10.2 Å². The van der Waals surface area contributed by atoms with Gasteiger partial charge in [-0.05, 0) is 87.5 Å². The topological polar surface area (TPSA) is 33.3 Å². The van der Waals surface area contributed by atoms with Gasteiger partial charge in [0.1, 0.15) is 11.3 Å². The Morgan fingerprint density at radius 1 is 0.581 bits per heavy atom. The number of aromatic nitrogens is 1. The first-order valence-corrected chi connectivity index (χ1v) is 21.6. The van der Waals surface area contributed by atoms with Crippen LogP contribution in [-0.2, 0) is 5.41 Å². The maximum absolute atomic E-state index is 6.69. The summed E-state index contributed by atoms with van der Waals surface area (Å²) in [7, 11) is 0.779. The minimum absolute atomic E-state index is 0.186. The summed E-state index contributed by atoms with van der Waals surface area (Å²) in [5.41, 5.74) is 18.8. The van der Waals surface area contributed by atoms with Crippen LogP contribution in [0.15, 0.2) is 199 Å². The minimum Gasteiger partial charge on any atom is -0.456 e. The second-order valence-corrected chi connectivity index (χ2v) is 17.4. The van der Waals surface area contributed by atoms with E-state index < -0.39 is 0 Å². The van der Waals surface area contributed by atoms with Crippen LogP contribution >= 0.6 is 0 Å². The van der Waals surface area contributed by atoms with Crippen LogP contribution < -0.4 is 21.1 Å². The highest BCUT2D eigenvalue weighted by molar-refractivity contribution is 6.74. The number of fused-ring (bicyclic) bond motifs is 10. The zero-order valence-electron chi connectivity index (χ0n) is 34.5. The van der Waals surface area contributed by atoms with Gasteiger partial charge >= 0.3 is 0 Å². The molecule has 292 valence electrons. The van der Waals surface area contributed by atoms with E-state index in [9.17, 15) is 0 Å². The lowest BCUT2D eigenvalue weighted by Crippen LogP contribution is -2.37. The van der Waals surface area contributed by atoms with E-state index in [4.69, 9.17) is 4.42 Å². The molecule has 0 saturated heterocycles. The molecule has 0 atom stereocenters. The predicted molar refractivity (Wildman–Crippen MR) is 262 cm³/mol. The van der Waals surface area contributed by atoms with Crippen molar-refractivity contribution in [2.24, 2.45) is 0 Å². The molecule has 0 radical (unpaired) electrons. The maximum Gasteiger partial charge on any atom is 0.198 e. The van der Waals surface area contributed by atoms with Crippen molar-refractivity contribution in [3.8, 4) is 28.1 Å². The molecule has 0 saturated carbocycles. The Morgan fingerprint density at radius 3 is 2.03 bits per heavy atom. The lowest BCUT2D eigenvalue weighted by atomic mass is 9.58. The number of rotatable bonds is 5. The zero-order valence-corrected chi connectivity index (χ0v) is 34.5. The van der Waals surface area contributed by atoms with Gasteiger partial charge < -0.3 is 19.2 Å². The molecule has 11 aromatic rings. The number of furan rings is 1. The smallest absolute Gasteiger partial charge is 0.198 e. The number of hydrogen-bond donors (Lipinski definition) is 1. The Morgan fingerprint density at radius 2 is 1.26 bits per heavy atom. The molecule has 0 amide bonds. The van der Waals surface area contributed by atoms with E-state index in [0.29, 0.717) is 0 Å². The largest absolute Gasteiger partial charge is 0.456 e. The van der Waals surface area contributed by atoms with Gasteiger partial charge in [-0.15, -0.1) is 0 Å². The average Bonchev–Trinajstić information content (AvgIpc) is 3.89. The number of hydrogen-bond acceptors (Lipinski definition) is 3. The van der Waals surface area contributed by atoms with Gasteiger partial charge in [-0.1, -0.05) is 153 Å². The van der Waals surface area contributed by atoms with E-state index in [2.05, 4.69) is 223 Å². The lowest BCUT2D eigenvalue weighted by molar-refractivity contribution is 0.631. The molecule has 2 aromatic heterocycles. The van der Waals surface area contributed by atoms with Gasteiger partial charge in [0.2, 0.25) is 0 Å². The van der Waals surface area contributed by atoms with Crippen molar-refractivity contribution in [3.05, 3.63) is 205 Å². The number of para-hydroxylation sites is 4. The summed E-state index contributed by atoms with van der Waals surface area (Å²) >= 11 is 0. The normalized spacial score (nSPS) is 13.4. The zero-order chi connectivity index (χ0) is 41.1. The van der Waals surface area contributed by atoms with Crippen molar-refractivity contribution < 1.29 is 4.42 Å². The fourth-order valence-corrected chi connectivity index (χ4v) is 10.7. The van der Waals surface area contributed by atoms with E-state index in [1.807, 2.05) is 0 Å². The molecule has 0 unspecified atom stereocenters. The molecule has 2 aliphatic rings. The van der Waals surface area contributed by atoms with E-state index in [-0.39, 0.29) is 5.41 Å². The summed E-state index contributed by atoms with van der Waals surface area (Å²) in [5, 5.41) is 10.1. The van der Waals surface area contributed by atoms with Crippen LogP contribution in [0.1, 0.15) is 25.0 Å². The first-order valence-electron chi connectivity index (χ1n) is 21.6. The highest BCUT2D eigenvalue weighted by atomic mass is 16.3. The second kappa shape index (κ2) is 13.1. The molecular formula is C57H40BN3O. The Bertz CT molecular complexity index is 3570. The first-order chi connectivity index (χ1) is 30.5. The molecule has 13 rings (SSSR count). The van der Waals surface area contributed by atoms with Crippen molar-refractivity contribution in [1.29, 1.82) is 0 Å². The number of nitrogens with one attached hydrogen (secondary N) is 1. The molecule has 4 heterocycles. The van der Waals surface area contributed by atoms with Crippen LogP contribution in [0.25, 0.3) is 71.7 Å². The van der Waals surface area contributed by atoms with E-state index in [1.165, 1.54) is 82.8 Å². The van der Waals surface area contributed by atoms with Gasteiger partial charge in [0.05, 0.1) is 11.2 Å². The number of anilines is 5. The third-order valence-electron chi connectivity index (χ3n) is 13.5. The molecule has 0 fully saturated rings. The van der Waals surface area contributed by atoms with Gasteiger partial charge in [-0.3, -0.25) is 0 Å². The quantitative estimate of drug-likeness (QED) is 0.176. The SMILES string of the molecule is CC1(C)c2ccccc2Nc2c(-c3c4c5c(c6ccccc36)c3cc(N(c6ccccc6)c6ccccc6)ccc3n5-c3cc5oc(-c6ccccc6)cc5cc3B4)cccc21. The van der Waals surface area contributed by atoms with Crippen LogP contribution in [0, 0.1) is 0 Å². The summed E-state index contributed by atoms with van der Waals surface area (Å²) in [5.74, 6) is 0.880. The standard InChI is InChI=1S/C57H40BN3O/c1-57(2)44-26-14-15-28-47(44)59-55-42(25-16-27-45(55)57)52-40-23-12-13-24-41(40)53-43-33-39(60(37-19-8-4-9-20-37)38-21-10-5-11-22-38)29-30-48(43)61-49-34-51-36(31-46(49)58-54(52)56(53)61)32-50(62-51)35-17-6-3-7-18-35/h3-34,58-59H,1-2H3. The number of nitrogens with zero attached hydrogens (tertiary/aromatic N) is 2. The molecule has 0 aliphatic carbocycles. The van der Waals surface area contributed by atoms with Crippen molar-refractivity contribution in [1.82, 2.24) is 4.57 Å². The Labute approximate surface area is 360 Å². The van der Waals surface area contributed by atoms with Gasteiger partial charge in [0.15, 0.2) is 7.28 Å². The van der Waals surface area contributed by atoms with Crippen molar-refractivity contribution in [2.45, 2.75) is 19.3 Å². The number of benzene rings is 9. The second-order valence-electron chi connectivity index (χ2n) is 17.4. The van der Waals surface area contributed by atoms with Gasteiger partial charge in [-0.25, -0.2) is 0 Å². The Balaban J connectivity index is 1.14. The van der Waals surface area contributed by atoms with Crippen molar-refractivity contribution >= 4 is 90.2 Å². The van der Waals surface area contributed by atoms with Gasteiger partial charge in [-0.2, -0.15) is 0 Å². The average molecular weight is 794 g/mol. The summed E-state index contributed by atoms with van der Waals surface area (Å²) < 4.78 is 9.23. The lowest BCUT2D eigenvalue weighted by Gasteiger charge is -2.37. The molecule has 0 spiro atoms. The third-order valence-corrected chi connectivity index (χ3v) is 13.5. The minimum atomic E-state index is -0.186. The van der Waals surface area contributed by atoms with Crippen LogP contribution in [0.5, 0.6) is 0 Å². The highest BCUT2D eigenvalue weighted by Crippen LogP contribution is 2.51. The summed E-state index contributed by atoms with van der Waals surface area (Å²) in [6, 6.07) is 70.5. The van der Waals surface area contributed by atoms with Crippen LogP contribution in [0.2, 0.25) is 0 Å². The molecule has 5 heteroatoms. The predicted octanol–water partition coefficient (Wildman–Crippen LogP) is 13.6. The summed E-state index contributed by atoms with van der Waals surface area (Å²) in [6.45, 7) is 4.72. The first kappa shape index (κ1) is 35.0. The summed E-state index contributed by atoms with van der Waals surface area (Å²) in [6.07, 6.45) is 0. The van der Waals surface area contributed by atoms with Gasteiger partial charge in [0, 0.05) is 72.7 Å². The fourth-order valence-electron chi connectivity index (χ4n) is 10.7. The molecule has 2 aliphatic heterocycles. The maximum atomic E-state index is 6.69. The van der Waals surface area contributed by atoms with Crippen LogP contribution in [0.4, 0.5) is 28.4 Å². The van der Waals surface area contributed by atoms with E-state index >= 15 is 0 Å². The monoisotopic (exact) mass is 793 g/mol. The van der Waals surface area contributed by atoms with Crippen LogP contribution in [-0.4, -0.2) is 11.8 Å². The van der Waals surface area contributed by atoms with E-state index in [0.717, 1.165) is 46.6 Å². The van der Waals surface area contributed by atoms with Crippen molar-refractivity contribution in [3.63, 3.8) is 0 Å². The fraction of sp³-hybridized carbons (Fsp3) is 0.0526. The highest BCUT2D eigenvalue weighted by Gasteiger charge is 2.36. The Kier molecular flexibility index (Phi) is 7.42. The molecule has 9 aromatic carbocycles. The molecular weight excluding hydrogens is 753 g/mol. The van der Waals surface area contributed by atoms with Crippen LogP contribution in [0.3, 0.4) is 0 Å². The molecule has 62 heavy (non-hydrogen) atoms. The van der Waals surface area contributed by atoms with E-state index in [1.54, 1.807) is 0 Å². The molecule has 0 bridgehead atoms. The molecule has 4 nitrogen and oxygen atoms in total. The third kappa shape index (κ3) is 5.02.